The Hall–Kier alpha value is -1.09. The summed E-state index contributed by atoms with van der Waals surface area (Å²) in [6.45, 7) is 8.69. The first kappa shape index (κ1) is 20.2. The highest BCUT2D eigenvalue weighted by Crippen LogP contribution is 2.65. The molecule has 4 aliphatic carbocycles. The van der Waals surface area contributed by atoms with Crippen LogP contribution in [0.1, 0.15) is 85.5 Å². The lowest BCUT2D eigenvalue weighted by Gasteiger charge is -2.54. The SMILES string of the molecule is CC(C)(O)CCOC(=O)[C@H]1CC[C@H]2C3=CC=C4CCCC[C@]4(C)[C@H]3CC[C@]12C. The summed E-state index contributed by atoms with van der Waals surface area (Å²) in [6.07, 6.45) is 15.1. The maximum absolute atomic E-state index is 12.9. The Kier molecular flexibility index (Phi) is 5.05. The number of esters is 1. The van der Waals surface area contributed by atoms with Gasteiger partial charge in [-0.25, -0.2) is 0 Å². The maximum Gasteiger partial charge on any atom is 0.309 e. The van der Waals surface area contributed by atoms with Crippen LogP contribution in [0, 0.1) is 28.6 Å². The van der Waals surface area contributed by atoms with Crippen LogP contribution in [0.2, 0.25) is 0 Å². The fraction of sp³-hybridized carbons (Fsp3) is 0.800. The van der Waals surface area contributed by atoms with Crippen molar-refractivity contribution in [3.63, 3.8) is 0 Å². The predicted molar refractivity (Wildman–Crippen MR) is 112 cm³/mol. The Balaban J connectivity index is 1.51. The number of carbonyl (C=O) groups is 1. The van der Waals surface area contributed by atoms with E-state index >= 15 is 0 Å². The average molecular weight is 387 g/mol. The Labute approximate surface area is 170 Å². The summed E-state index contributed by atoms with van der Waals surface area (Å²) in [4.78, 5) is 12.9. The number of carbonyl (C=O) groups excluding carboxylic acids is 1. The van der Waals surface area contributed by atoms with Gasteiger partial charge in [-0.05, 0) is 81.5 Å². The first-order valence-corrected chi connectivity index (χ1v) is 11.5. The van der Waals surface area contributed by atoms with Crippen LogP contribution in [0.15, 0.2) is 23.3 Å². The van der Waals surface area contributed by atoms with Gasteiger partial charge in [-0.1, -0.05) is 43.6 Å². The molecule has 3 nitrogen and oxygen atoms in total. The molecule has 0 unspecified atom stereocenters. The number of aliphatic hydroxyl groups is 1. The topological polar surface area (TPSA) is 46.5 Å². The van der Waals surface area contributed by atoms with Crippen LogP contribution in [0.3, 0.4) is 0 Å². The molecule has 28 heavy (non-hydrogen) atoms. The zero-order chi connectivity index (χ0) is 20.2. The minimum absolute atomic E-state index is 0.00527. The van der Waals surface area contributed by atoms with Gasteiger partial charge in [0.25, 0.3) is 0 Å². The molecule has 0 heterocycles. The van der Waals surface area contributed by atoms with Crippen molar-refractivity contribution < 1.29 is 14.6 Å². The minimum atomic E-state index is -0.785. The van der Waals surface area contributed by atoms with Crippen molar-refractivity contribution in [2.45, 2.75) is 91.1 Å². The first-order valence-electron chi connectivity index (χ1n) is 11.5. The number of ether oxygens (including phenoxy) is 1. The van der Waals surface area contributed by atoms with Crippen molar-refractivity contribution >= 4 is 5.97 Å². The Morgan fingerprint density at radius 2 is 1.93 bits per heavy atom. The van der Waals surface area contributed by atoms with Crippen LogP contribution in [-0.4, -0.2) is 23.3 Å². The van der Waals surface area contributed by atoms with Crippen LogP contribution in [-0.2, 0) is 9.53 Å². The molecule has 4 aliphatic rings. The molecule has 4 rings (SSSR count). The molecule has 1 N–H and O–H groups in total. The molecule has 3 fully saturated rings. The van der Waals surface area contributed by atoms with Crippen molar-refractivity contribution in [1.82, 2.24) is 0 Å². The standard InChI is InChI=1S/C25H38O3/c1-23(2,27)15-16-28-22(26)21-11-10-19-18-9-8-17-7-5-6-13-24(17,3)20(18)12-14-25(19,21)4/h8-9,19-21,27H,5-7,10-16H2,1-4H3/t19-,20-,21+,24-,25-/m0/s1. The summed E-state index contributed by atoms with van der Waals surface area (Å²) >= 11 is 0. The molecule has 0 aromatic carbocycles. The zero-order valence-electron chi connectivity index (χ0n) is 18.2. The molecule has 0 bridgehead atoms. The van der Waals surface area contributed by atoms with Gasteiger partial charge in [0.15, 0.2) is 0 Å². The Morgan fingerprint density at radius 3 is 2.68 bits per heavy atom. The third-order valence-corrected chi connectivity index (χ3v) is 8.73. The van der Waals surface area contributed by atoms with Crippen molar-refractivity contribution in [3.05, 3.63) is 23.3 Å². The van der Waals surface area contributed by atoms with Crippen molar-refractivity contribution in [2.24, 2.45) is 28.6 Å². The summed E-state index contributed by atoms with van der Waals surface area (Å²) in [5.74, 6) is 1.17. The lowest BCUT2D eigenvalue weighted by atomic mass is 9.50. The number of allylic oxidation sites excluding steroid dienone is 4. The van der Waals surface area contributed by atoms with Crippen LogP contribution < -0.4 is 0 Å². The molecule has 0 saturated heterocycles. The minimum Gasteiger partial charge on any atom is -0.465 e. The summed E-state index contributed by atoms with van der Waals surface area (Å²) in [5, 5.41) is 9.88. The Bertz CT molecular complexity index is 697. The smallest absolute Gasteiger partial charge is 0.309 e. The van der Waals surface area contributed by atoms with Gasteiger partial charge >= 0.3 is 5.97 Å². The predicted octanol–water partition coefficient (Wildman–Crippen LogP) is 5.58. The van der Waals surface area contributed by atoms with Crippen LogP contribution in [0.25, 0.3) is 0 Å². The van der Waals surface area contributed by atoms with Gasteiger partial charge in [0.2, 0.25) is 0 Å². The van der Waals surface area contributed by atoms with Gasteiger partial charge in [0.05, 0.1) is 18.1 Å². The molecule has 156 valence electrons. The normalized spacial score (nSPS) is 40.0. The van der Waals surface area contributed by atoms with E-state index in [0.29, 0.717) is 30.3 Å². The van der Waals surface area contributed by atoms with Crippen LogP contribution in [0.5, 0.6) is 0 Å². The molecule has 0 amide bonds. The fourth-order valence-electron chi connectivity index (χ4n) is 6.93. The highest BCUT2D eigenvalue weighted by atomic mass is 16.5. The second kappa shape index (κ2) is 7.00. The van der Waals surface area contributed by atoms with E-state index in [4.69, 9.17) is 4.74 Å². The lowest BCUT2D eigenvalue weighted by Crippen LogP contribution is -2.46. The fourth-order valence-corrected chi connectivity index (χ4v) is 6.93. The van der Waals surface area contributed by atoms with Crippen LogP contribution >= 0.6 is 0 Å². The maximum atomic E-state index is 12.9. The molecular formula is C25H38O3. The van der Waals surface area contributed by atoms with E-state index in [1.807, 2.05) is 0 Å². The van der Waals surface area contributed by atoms with Gasteiger partial charge in [0, 0.05) is 6.42 Å². The van der Waals surface area contributed by atoms with Gasteiger partial charge < -0.3 is 9.84 Å². The largest absolute Gasteiger partial charge is 0.465 e. The summed E-state index contributed by atoms with van der Waals surface area (Å²) in [5.41, 5.74) is 2.91. The molecule has 0 radical (unpaired) electrons. The Morgan fingerprint density at radius 1 is 1.14 bits per heavy atom. The first-order chi connectivity index (χ1) is 13.2. The molecule has 5 atom stereocenters. The summed E-state index contributed by atoms with van der Waals surface area (Å²) < 4.78 is 5.63. The van der Waals surface area contributed by atoms with E-state index in [2.05, 4.69) is 26.0 Å². The van der Waals surface area contributed by atoms with E-state index in [0.717, 1.165) is 19.3 Å². The van der Waals surface area contributed by atoms with E-state index in [9.17, 15) is 9.90 Å². The molecule has 0 aromatic heterocycles. The third kappa shape index (κ3) is 3.28. The van der Waals surface area contributed by atoms with Gasteiger partial charge in [-0.3, -0.25) is 4.79 Å². The quantitative estimate of drug-likeness (QED) is 0.642. The molecule has 0 aliphatic heterocycles. The second-order valence-electron chi connectivity index (χ2n) is 11.0. The summed E-state index contributed by atoms with van der Waals surface area (Å²) in [6, 6.07) is 0. The van der Waals surface area contributed by atoms with Gasteiger partial charge in [-0.2, -0.15) is 0 Å². The molecule has 0 aromatic rings. The van der Waals surface area contributed by atoms with Crippen molar-refractivity contribution in [3.8, 4) is 0 Å². The van der Waals surface area contributed by atoms with E-state index < -0.39 is 5.60 Å². The van der Waals surface area contributed by atoms with E-state index in [1.165, 1.54) is 32.1 Å². The van der Waals surface area contributed by atoms with Crippen molar-refractivity contribution in [2.75, 3.05) is 6.61 Å². The summed E-state index contributed by atoms with van der Waals surface area (Å²) in [7, 11) is 0. The number of hydrogen-bond acceptors (Lipinski definition) is 3. The van der Waals surface area contributed by atoms with Gasteiger partial charge in [-0.15, -0.1) is 0 Å². The molecule has 3 saturated carbocycles. The van der Waals surface area contributed by atoms with E-state index in [1.54, 1.807) is 25.0 Å². The molecule has 3 heteroatoms. The monoisotopic (exact) mass is 386 g/mol. The average Bonchev–Trinajstić information content (AvgIpc) is 2.97. The lowest BCUT2D eigenvalue weighted by molar-refractivity contribution is -0.154. The van der Waals surface area contributed by atoms with Crippen molar-refractivity contribution in [1.29, 1.82) is 0 Å². The highest BCUT2D eigenvalue weighted by Gasteiger charge is 2.57. The van der Waals surface area contributed by atoms with Crippen LogP contribution in [0.4, 0.5) is 0 Å². The number of rotatable bonds is 4. The van der Waals surface area contributed by atoms with E-state index in [-0.39, 0.29) is 17.3 Å². The zero-order valence-corrected chi connectivity index (χ0v) is 18.2. The number of hydrogen-bond donors (Lipinski definition) is 1. The molecular weight excluding hydrogens is 348 g/mol. The third-order valence-electron chi connectivity index (χ3n) is 8.73. The highest BCUT2D eigenvalue weighted by molar-refractivity contribution is 5.74. The number of fused-ring (bicyclic) bond motifs is 5. The van der Waals surface area contributed by atoms with Gasteiger partial charge in [0.1, 0.15) is 0 Å². The second-order valence-corrected chi connectivity index (χ2v) is 11.0. The molecule has 0 spiro atoms.